The van der Waals surface area contributed by atoms with Crippen molar-refractivity contribution in [1.29, 1.82) is 0 Å². The van der Waals surface area contributed by atoms with E-state index in [4.69, 9.17) is 10.5 Å². The average molecular weight is 310 g/mol. The number of hydrogen-bond donors (Lipinski definition) is 3. The van der Waals surface area contributed by atoms with Crippen molar-refractivity contribution < 1.29 is 24.2 Å². The minimum absolute atomic E-state index is 0.00553. The highest BCUT2D eigenvalue weighted by Crippen LogP contribution is 2.01. The second-order valence-corrected chi connectivity index (χ2v) is 4.86. The number of nitrogens with one attached hydrogen (secondary N) is 1. The van der Waals surface area contributed by atoms with Gasteiger partial charge in [-0.2, -0.15) is 0 Å². The summed E-state index contributed by atoms with van der Waals surface area (Å²) in [7, 11) is 1.17. The van der Waals surface area contributed by atoms with Gasteiger partial charge >= 0.3 is 5.97 Å². The number of hydrogen-bond acceptors (Lipinski definition) is 6. The van der Waals surface area contributed by atoms with Crippen molar-refractivity contribution in [2.75, 3.05) is 13.7 Å². The van der Waals surface area contributed by atoms with Gasteiger partial charge in [0.2, 0.25) is 5.91 Å². The lowest BCUT2D eigenvalue weighted by molar-refractivity contribution is -0.148. The Hall–Kier alpha value is -1.96. The Morgan fingerprint density at radius 1 is 1.32 bits per heavy atom. The lowest BCUT2D eigenvalue weighted by Crippen LogP contribution is -2.54. The van der Waals surface area contributed by atoms with Gasteiger partial charge in [0.1, 0.15) is 6.04 Å². The first-order chi connectivity index (χ1) is 10.5. The van der Waals surface area contributed by atoms with E-state index in [2.05, 4.69) is 10.1 Å². The zero-order chi connectivity index (χ0) is 16.5. The Morgan fingerprint density at radius 3 is 2.50 bits per heavy atom. The summed E-state index contributed by atoms with van der Waals surface area (Å²) in [6, 6.07) is 7.35. The summed E-state index contributed by atoms with van der Waals surface area (Å²) in [5.74, 6) is -1.33. The Balaban J connectivity index is 2.42. The first-order valence-corrected chi connectivity index (χ1v) is 6.89. The maximum absolute atomic E-state index is 11.9. The summed E-state index contributed by atoms with van der Waals surface area (Å²) in [6.45, 7) is 1.70. The lowest BCUT2D eigenvalue weighted by atomic mass is 10.1. The molecule has 122 valence electrons. The molecule has 0 fully saturated rings. The molecule has 0 spiro atoms. The van der Waals surface area contributed by atoms with E-state index in [-0.39, 0.29) is 6.61 Å². The van der Waals surface area contributed by atoms with E-state index in [0.29, 0.717) is 6.61 Å². The van der Waals surface area contributed by atoms with Crippen LogP contribution in [0, 0.1) is 0 Å². The van der Waals surface area contributed by atoms with Crippen molar-refractivity contribution in [2.45, 2.75) is 31.7 Å². The first-order valence-electron chi connectivity index (χ1n) is 6.89. The largest absolute Gasteiger partial charge is 0.467 e. The molecule has 0 saturated carbocycles. The molecule has 0 radical (unpaired) electrons. The zero-order valence-electron chi connectivity index (χ0n) is 12.7. The van der Waals surface area contributed by atoms with Crippen LogP contribution in [0.3, 0.4) is 0 Å². The van der Waals surface area contributed by atoms with Gasteiger partial charge in [-0.3, -0.25) is 4.79 Å². The normalized spacial score (nSPS) is 14.7. The van der Waals surface area contributed by atoms with Gasteiger partial charge in [-0.1, -0.05) is 30.3 Å². The minimum Gasteiger partial charge on any atom is -0.467 e. The molecule has 0 saturated heterocycles. The number of aliphatic hydroxyl groups is 1. The highest BCUT2D eigenvalue weighted by Gasteiger charge is 2.28. The van der Waals surface area contributed by atoms with Crippen LogP contribution in [0.15, 0.2) is 30.3 Å². The molecule has 1 rings (SSSR count). The van der Waals surface area contributed by atoms with E-state index in [9.17, 15) is 14.7 Å². The van der Waals surface area contributed by atoms with Gasteiger partial charge in [-0.15, -0.1) is 0 Å². The molecular weight excluding hydrogens is 288 g/mol. The fourth-order valence-electron chi connectivity index (χ4n) is 1.72. The molecule has 0 aliphatic heterocycles. The third-order valence-electron chi connectivity index (χ3n) is 2.98. The Morgan fingerprint density at radius 2 is 1.95 bits per heavy atom. The van der Waals surface area contributed by atoms with Gasteiger partial charge in [0, 0.05) is 0 Å². The highest BCUT2D eigenvalue weighted by molar-refractivity contribution is 5.87. The van der Waals surface area contributed by atoms with Gasteiger partial charge in [0.15, 0.2) is 6.04 Å². The number of methoxy groups -OCH3 is 1. The number of rotatable bonds is 8. The van der Waals surface area contributed by atoms with Crippen LogP contribution in [-0.4, -0.2) is 48.9 Å². The van der Waals surface area contributed by atoms with Crippen molar-refractivity contribution in [3.05, 3.63) is 35.9 Å². The summed E-state index contributed by atoms with van der Waals surface area (Å²) in [5, 5.41) is 11.8. The molecule has 22 heavy (non-hydrogen) atoms. The zero-order valence-corrected chi connectivity index (χ0v) is 12.7. The van der Waals surface area contributed by atoms with Gasteiger partial charge < -0.3 is 25.6 Å². The number of benzene rings is 1. The average Bonchev–Trinajstić information content (AvgIpc) is 2.52. The van der Waals surface area contributed by atoms with Crippen molar-refractivity contribution in [3.8, 4) is 0 Å². The Bertz CT molecular complexity index is 478. The van der Waals surface area contributed by atoms with Crippen LogP contribution in [0.4, 0.5) is 0 Å². The molecule has 0 bridgehead atoms. The lowest BCUT2D eigenvalue weighted by Gasteiger charge is -2.21. The molecule has 4 N–H and O–H groups in total. The molecule has 0 aliphatic carbocycles. The van der Waals surface area contributed by atoms with Crippen LogP contribution < -0.4 is 11.1 Å². The molecule has 1 amide bonds. The van der Waals surface area contributed by atoms with Crippen LogP contribution >= 0.6 is 0 Å². The second-order valence-electron chi connectivity index (χ2n) is 4.86. The van der Waals surface area contributed by atoms with Crippen molar-refractivity contribution >= 4 is 11.9 Å². The molecule has 0 heterocycles. The van der Waals surface area contributed by atoms with Crippen LogP contribution in [0.5, 0.6) is 0 Å². The highest BCUT2D eigenvalue weighted by atomic mass is 16.5. The molecule has 1 aromatic rings. The van der Waals surface area contributed by atoms with E-state index >= 15 is 0 Å². The third-order valence-corrected chi connectivity index (χ3v) is 2.98. The van der Waals surface area contributed by atoms with Gasteiger partial charge in [-0.05, 0) is 12.5 Å². The monoisotopic (exact) mass is 310 g/mol. The Labute approximate surface area is 129 Å². The number of esters is 1. The molecule has 1 aromatic carbocycles. The maximum atomic E-state index is 11.9. The van der Waals surface area contributed by atoms with E-state index in [1.807, 2.05) is 30.3 Å². The van der Waals surface area contributed by atoms with Crippen LogP contribution in [0.2, 0.25) is 0 Å². The number of carbonyl (C=O) groups excluding carboxylic acids is 2. The third kappa shape index (κ3) is 5.80. The molecule has 0 aromatic heterocycles. The number of nitrogens with two attached hydrogens (primary N) is 1. The van der Waals surface area contributed by atoms with Gasteiger partial charge in [0.05, 0.1) is 26.4 Å². The molecule has 0 aliphatic rings. The van der Waals surface area contributed by atoms with Crippen LogP contribution in [0.25, 0.3) is 0 Å². The molecule has 7 heteroatoms. The molecule has 3 atom stereocenters. The SMILES string of the molecule is COC(=O)C(NC(=O)C(N)COCc1ccccc1)C(C)O. The summed E-state index contributed by atoms with van der Waals surface area (Å²) in [6.07, 6.45) is -1.09. The fraction of sp³-hybridized carbons (Fsp3) is 0.467. The maximum Gasteiger partial charge on any atom is 0.331 e. The molecular formula is C15H22N2O5. The minimum atomic E-state index is -1.15. The first kappa shape index (κ1) is 18.1. The fourth-order valence-corrected chi connectivity index (χ4v) is 1.72. The van der Waals surface area contributed by atoms with E-state index in [0.717, 1.165) is 5.56 Å². The van der Waals surface area contributed by atoms with Crippen molar-refractivity contribution in [3.63, 3.8) is 0 Å². The smallest absolute Gasteiger partial charge is 0.331 e. The summed E-state index contributed by atoms with van der Waals surface area (Å²) in [4.78, 5) is 23.3. The Kier molecular flexibility index (Phi) is 7.51. The van der Waals surface area contributed by atoms with E-state index in [1.54, 1.807) is 0 Å². The van der Waals surface area contributed by atoms with Gasteiger partial charge in [-0.25, -0.2) is 4.79 Å². The van der Waals surface area contributed by atoms with E-state index in [1.165, 1.54) is 14.0 Å². The number of amides is 1. The quantitative estimate of drug-likeness (QED) is 0.562. The molecule has 7 nitrogen and oxygen atoms in total. The number of ether oxygens (including phenoxy) is 2. The topological polar surface area (TPSA) is 111 Å². The van der Waals surface area contributed by atoms with E-state index < -0.39 is 30.1 Å². The predicted molar refractivity (Wildman–Crippen MR) is 79.7 cm³/mol. The summed E-state index contributed by atoms with van der Waals surface area (Å²) < 4.78 is 9.87. The number of aliphatic hydroxyl groups excluding tert-OH is 1. The second kappa shape index (κ2) is 9.14. The standard InChI is InChI=1S/C15H22N2O5/c1-10(18)13(15(20)21-2)17-14(19)12(16)9-22-8-11-6-4-3-5-7-11/h3-7,10,12-13,18H,8-9,16H2,1-2H3,(H,17,19). The van der Waals surface area contributed by atoms with Crippen molar-refractivity contribution in [1.82, 2.24) is 5.32 Å². The molecule has 3 unspecified atom stereocenters. The summed E-state index contributed by atoms with van der Waals surface area (Å²) >= 11 is 0. The van der Waals surface area contributed by atoms with Crippen LogP contribution in [0.1, 0.15) is 12.5 Å². The van der Waals surface area contributed by atoms with Gasteiger partial charge in [0.25, 0.3) is 0 Å². The van der Waals surface area contributed by atoms with Crippen molar-refractivity contribution in [2.24, 2.45) is 5.73 Å². The summed E-state index contributed by atoms with van der Waals surface area (Å²) in [5.41, 5.74) is 6.67. The number of carbonyl (C=O) groups is 2. The van der Waals surface area contributed by atoms with Crippen LogP contribution in [-0.2, 0) is 25.7 Å². The predicted octanol–water partition coefficient (Wildman–Crippen LogP) is -0.431.